The van der Waals surface area contributed by atoms with E-state index >= 15 is 0 Å². The maximum Gasteiger partial charge on any atom is 0.237 e. The zero-order chi connectivity index (χ0) is 15.6. The van der Waals surface area contributed by atoms with Crippen LogP contribution in [-0.4, -0.2) is 23.2 Å². The summed E-state index contributed by atoms with van der Waals surface area (Å²) in [5.41, 5.74) is 0.824. The van der Waals surface area contributed by atoms with Gasteiger partial charge in [-0.25, -0.2) is 4.39 Å². The SMILES string of the molecule is CNC(C)Cc1noc(C2(c3ccc(F)cc3)CCCC2)n1. The molecule has 1 saturated carbocycles. The third-order valence-corrected chi connectivity index (χ3v) is 4.71. The molecule has 2 aromatic rings. The van der Waals surface area contributed by atoms with Crippen LogP contribution < -0.4 is 5.32 Å². The maximum absolute atomic E-state index is 13.2. The summed E-state index contributed by atoms with van der Waals surface area (Å²) in [5, 5.41) is 7.31. The van der Waals surface area contributed by atoms with Gasteiger partial charge in [-0.1, -0.05) is 30.1 Å². The van der Waals surface area contributed by atoms with Crippen molar-refractivity contribution in [3.8, 4) is 0 Å². The molecule has 0 radical (unpaired) electrons. The highest BCUT2D eigenvalue weighted by atomic mass is 19.1. The van der Waals surface area contributed by atoms with Gasteiger partial charge >= 0.3 is 0 Å². The molecule has 1 atom stereocenters. The molecule has 0 amide bonds. The molecular formula is C17H22FN3O. The number of likely N-dealkylation sites (N-methyl/N-ethyl adjacent to an activating group) is 1. The molecule has 1 aliphatic rings. The first-order chi connectivity index (χ1) is 10.6. The molecule has 118 valence electrons. The lowest BCUT2D eigenvalue weighted by Gasteiger charge is -2.25. The topological polar surface area (TPSA) is 51.0 Å². The molecule has 4 nitrogen and oxygen atoms in total. The van der Waals surface area contributed by atoms with E-state index in [4.69, 9.17) is 4.52 Å². The van der Waals surface area contributed by atoms with E-state index in [1.54, 1.807) is 0 Å². The van der Waals surface area contributed by atoms with Gasteiger partial charge in [0.2, 0.25) is 5.89 Å². The van der Waals surface area contributed by atoms with E-state index in [1.807, 2.05) is 19.2 Å². The fraction of sp³-hybridized carbons (Fsp3) is 0.529. The van der Waals surface area contributed by atoms with Crippen molar-refractivity contribution >= 4 is 0 Å². The second-order valence-electron chi connectivity index (χ2n) is 6.21. The summed E-state index contributed by atoms with van der Waals surface area (Å²) < 4.78 is 18.8. The molecule has 0 aliphatic heterocycles. The number of hydrogen-bond donors (Lipinski definition) is 1. The molecule has 1 N–H and O–H groups in total. The zero-order valence-electron chi connectivity index (χ0n) is 13.1. The van der Waals surface area contributed by atoms with Crippen LogP contribution in [0.1, 0.15) is 49.9 Å². The van der Waals surface area contributed by atoms with E-state index < -0.39 is 0 Å². The van der Waals surface area contributed by atoms with Gasteiger partial charge in [0.05, 0.1) is 5.41 Å². The van der Waals surface area contributed by atoms with E-state index in [9.17, 15) is 4.39 Å². The van der Waals surface area contributed by atoms with Crippen molar-refractivity contribution in [2.45, 2.75) is 50.5 Å². The van der Waals surface area contributed by atoms with Gasteiger partial charge in [0.25, 0.3) is 0 Å². The van der Waals surface area contributed by atoms with Crippen LogP contribution in [0.2, 0.25) is 0 Å². The fourth-order valence-electron chi connectivity index (χ4n) is 3.28. The molecule has 22 heavy (non-hydrogen) atoms. The second-order valence-corrected chi connectivity index (χ2v) is 6.21. The summed E-state index contributed by atoms with van der Waals surface area (Å²) in [7, 11) is 1.92. The molecule has 0 bridgehead atoms. The number of aromatic nitrogens is 2. The highest BCUT2D eigenvalue weighted by Gasteiger charge is 2.42. The number of rotatable bonds is 5. The summed E-state index contributed by atoms with van der Waals surface area (Å²) in [6, 6.07) is 7.02. The molecule has 5 heteroatoms. The fourth-order valence-corrected chi connectivity index (χ4v) is 3.28. The molecular weight excluding hydrogens is 281 g/mol. The summed E-state index contributed by atoms with van der Waals surface area (Å²) in [6.45, 7) is 2.08. The Balaban J connectivity index is 1.93. The van der Waals surface area contributed by atoms with Crippen molar-refractivity contribution in [2.75, 3.05) is 7.05 Å². The highest BCUT2D eigenvalue weighted by Crippen LogP contribution is 2.45. The first-order valence-electron chi connectivity index (χ1n) is 7.90. The van der Waals surface area contributed by atoms with Gasteiger partial charge < -0.3 is 9.84 Å². The van der Waals surface area contributed by atoms with Crippen molar-refractivity contribution in [1.29, 1.82) is 0 Å². The number of nitrogens with one attached hydrogen (secondary N) is 1. The summed E-state index contributed by atoms with van der Waals surface area (Å²) >= 11 is 0. The Morgan fingerprint density at radius 2 is 1.95 bits per heavy atom. The normalized spacial score (nSPS) is 18.5. The third kappa shape index (κ3) is 2.77. The van der Waals surface area contributed by atoms with E-state index in [1.165, 1.54) is 12.1 Å². The van der Waals surface area contributed by atoms with Crippen molar-refractivity contribution < 1.29 is 8.91 Å². The smallest absolute Gasteiger partial charge is 0.237 e. The molecule has 0 saturated heterocycles. The Labute approximate surface area is 130 Å². The number of hydrogen-bond acceptors (Lipinski definition) is 4. The molecule has 1 aromatic heterocycles. The third-order valence-electron chi connectivity index (χ3n) is 4.71. The predicted octanol–water partition coefficient (Wildman–Crippen LogP) is 3.22. The quantitative estimate of drug-likeness (QED) is 0.921. The molecule has 1 unspecified atom stereocenters. The monoisotopic (exact) mass is 303 g/mol. The number of halogens is 1. The molecule has 1 aromatic carbocycles. The summed E-state index contributed by atoms with van der Waals surface area (Å²) in [6.07, 6.45) is 4.94. The van der Waals surface area contributed by atoms with Crippen molar-refractivity contribution in [1.82, 2.24) is 15.5 Å². The van der Waals surface area contributed by atoms with Crippen LogP contribution in [0.15, 0.2) is 28.8 Å². The summed E-state index contributed by atoms with van der Waals surface area (Å²) in [4.78, 5) is 4.64. The Bertz CT molecular complexity index is 617. The molecule has 1 aliphatic carbocycles. The van der Waals surface area contributed by atoms with Crippen LogP contribution in [-0.2, 0) is 11.8 Å². The Morgan fingerprint density at radius 1 is 1.27 bits per heavy atom. The molecule has 3 rings (SSSR count). The lowest BCUT2D eigenvalue weighted by molar-refractivity contribution is 0.308. The van der Waals surface area contributed by atoms with Crippen molar-refractivity contribution in [2.24, 2.45) is 0 Å². The molecule has 0 spiro atoms. The molecule has 1 fully saturated rings. The van der Waals surface area contributed by atoms with Gasteiger partial charge in [-0.3, -0.25) is 0 Å². The highest BCUT2D eigenvalue weighted by molar-refractivity contribution is 5.33. The maximum atomic E-state index is 13.2. The van der Waals surface area contributed by atoms with Crippen LogP contribution in [0.3, 0.4) is 0 Å². The van der Waals surface area contributed by atoms with Gasteiger partial charge in [0.15, 0.2) is 5.82 Å². The van der Waals surface area contributed by atoms with Gasteiger partial charge in [-0.05, 0) is 44.5 Å². The van der Waals surface area contributed by atoms with Gasteiger partial charge in [-0.2, -0.15) is 4.98 Å². The van der Waals surface area contributed by atoms with E-state index in [0.717, 1.165) is 43.5 Å². The zero-order valence-corrected chi connectivity index (χ0v) is 13.1. The van der Waals surface area contributed by atoms with Crippen LogP contribution >= 0.6 is 0 Å². The van der Waals surface area contributed by atoms with Gasteiger partial charge in [0.1, 0.15) is 5.82 Å². The summed E-state index contributed by atoms with van der Waals surface area (Å²) in [5.74, 6) is 1.19. The van der Waals surface area contributed by atoms with Crippen LogP contribution in [0, 0.1) is 5.82 Å². The van der Waals surface area contributed by atoms with E-state index in [0.29, 0.717) is 11.9 Å². The minimum Gasteiger partial charge on any atom is -0.338 e. The Hall–Kier alpha value is -1.75. The average Bonchev–Trinajstić information content (AvgIpc) is 3.17. The van der Waals surface area contributed by atoms with E-state index in [-0.39, 0.29) is 11.2 Å². The second kappa shape index (κ2) is 6.16. The predicted molar refractivity (Wildman–Crippen MR) is 82.2 cm³/mol. The lowest BCUT2D eigenvalue weighted by Crippen LogP contribution is -2.25. The van der Waals surface area contributed by atoms with Crippen molar-refractivity contribution in [3.05, 3.63) is 47.4 Å². The Morgan fingerprint density at radius 3 is 2.59 bits per heavy atom. The molecule has 1 heterocycles. The Kier molecular flexibility index (Phi) is 4.25. The minimum atomic E-state index is -0.248. The number of benzene rings is 1. The standard InChI is InChI=1S/C17H22FN3O/c1-12(19-2)11-15-20-16(22-21-15)17(9-3-4-10-17)13-5-7-14(18)8-6-13/h5-8,12,19H,3-4,9-11H2,1-2H3. The van der Waals surface area contributed by atoms with Crippen LogP contribution in [0.4, 0.5) is 4.39 Å². The van der Waals surface area contributed by atoms with Crippen LogP contribution in [0.25, 0.3) is 0 Å². The van der Waals surface area contributed by atoms with Crippen molar-refractivity contribution in [3.63, 3.8) is 0 Å². The first kappa shape index (κ1) is 15.2. The average molecular weight is 303 g/mol. The van der Waals surface area contributed by atoms with E-state index in [2.05, 4.69) is 22.4 Å². The van der Waals surface area contributed by atoms with Crippen LogP contribution in [0.5, 0.6) is 0 Å². The first-order valence-corrected chi connectivity index (χ1v) is 7.90. The van der Waals surface area contributed by atoms with Gasteiger partial charge in [0, 0.05) is 12.5 Å². The van der Waals surface area contributed by atoms with Gasteiger partial charge in [-0.15, -0.1) is 0 Å². The minimum absolute atomic E-state index is 0.217. The number of nitrogens with zero attached hydrogens (tertiary/aromatic N) is 2. The lowest BCUT2D eigenvalue weighted by atomic mass is 9.78. The largest absolute Gasteiger partial charge is 0.338 e.